The fourth-order valence-corrected chi connectivity index (χ4v) is 2.43. The standard InChI is InChI=1S/C20H23N3O3/c1-14-5-6-16(11-18(14)23(25)26)13-21-22-19(24)12-15-7-9-17(10-8-15)20(2,3)4/h5-11,13H,12H2,1-4H3,(H,22,24). The van der Waals surface area contributed by atoms with Gasteiger partial charge in [0.15, 0.2) is 0 Å². The number of hydrogen-bond acceptors (Lipinski definition) is 4. The predicted octanol–water partition coefficient (Wildman–Crippen LogP) is 3.89. The van der Waals surface area contributed by atoms with Crippen molar-refractivity contribution in [3.63, 3.8) is 0 Å². The Balaban J connectivity index is 1.95. The molecule has 6 nitrogen and oxygen atoms in total. The molecule has 0 radical (unpaired) electrons. The predicted molar refractivity (Wildman–Crippen MR) is 102 cm³/mol. The van der Waals surface area contributed by atoms with Gasteiger partial charge in [0, 0.05) is 17.2 Å². The number of carbonyl (C=O) groups excluding carboxylic acids is 1. The van der Waals surface area contributed by atoms with Gasteiger partial charge < -0.3 is 0 Å². The summed E-state index contributed by atoms with van der Waals surface area (Å²) < 4.78 is 0. The van der Waals surface area contributed by atoms with Crippen molar-refractivity contribution in [3.8, 4) is 0 Å². The van der Waals surface area contributed by atoms with Crippen LogP contribution in [-0.4, -0.2) is 17.0 Å². The molecule has 0 atom stereocenters. The van der Waals surface area contributed by atoms with Gasteiger partial charge in [-0.05, 0) is 23.5 Å². The van der Waals surface area contributed by atoms with Crippen LogP contribution in [0, 0.1) is 17.0 Å². The number of amides is 1. The summed E-state index contributed by atoms with van der Waals surface area (Å²) in [5.74, 6) is -0.244. The SMILES string of the molecule is Cc1ccc(C=NNC(=O)Cc2ccc(C(C)(C)C)cc2)cc1[N+](=O)[O-]. The maximum Gasteiger partial charge on any atom is 0.272 e. The Hall–Kier alpha value is -3.02. The van der Waals surface area contributed by atoms with E-state index in [2.05, 4.69) is 31.3 Å². The molecule has 0 aliphatic rings. The molecule has 0 saturated carbocycles. The molecule has 0 saturated heterocycles. The summed E-state index contributed by atoms with van der Waals surface area (Å²) in [6, 6.07) is 12.7. The Kier molecular flexibility index (Phi) is 5.87. The van der Waals surface area contributed by atoms with Crippen LogP contribution in [-0.2, 0) is 16.6 Å². The molecule has 0 bridgehead atoms. The Labute approximate surface area is 153 Å². The van der Waals surface area contributed by atoms with Crippen LogP contribution < -0.4 is 5.43 Å². The first kappa shape index (κ1) is 19.3. The number of nitro benzene ring substituents is 1. The van der Waals surface area contributed by atoms with E-state index >= 15 is 0 Å². The number of benzene rings is 2. The minimum Gasteiger partial charge on any atom is -0.273 e. The smallest absolute Gasteiger partial charge is 0.272 e. The average Bonchev–Trinajstić information content (AvgIpc) is 2.55. The van der Waals surface area contributed by atoms with E-state index < -0.39 is 4.92 Å². The zero-order valence-electron chi connectivity index (χ0n) is 15.4. The van der Waals surface area contributed by atoms with Crippen LogP contribution in [0.1, 0.15) is 43.0 Å². The number of nitro groups is 1. The summed E-state index contributed by atoms with van der Waals surface area (Å²) >= 11 is 0. The molecule has 6 heteroatoms. The van der Waals surface area contributed by atoms with Gasteiger partial charge in [-0.15, -0.1) is 0 Å². The minimum absolute atomic E-state index is 0.0271. The third kappa shape index (κ3) is 5.24. The van der Waals surface area contributed by atoms with E-state index in [1.54, 1.807) is 19.1 Å². The summed E-state index contributed by atoms with van der Waals surface area (Å²) in [6.45, 7) is 8.09. The Bertz CT molecular complexity index is 834. The van der Waals surface area contributed by atoms with E-state index in [0.29, 0.717) is 11.1 Å². The van der Waals surface area contributed by atoms with Gasteiger partial charge in [0.2, 0.25) is 5.91 Å². The molecule has 2 aromatic rings. The number of hydrazone groups is 1. The van der Waals surface area contributed by atoms with Crippen molar-refractivity contribution in [1.29, 1.82) is 0 Å². The van der Waals surface area contributed by atoms with Gasteiger partial charge in [0.05, 0.1) is 17.6 Å². The van der Waals surface area contributed by atoms with E-state index in [4.69, 9.17) is 0 Å². The van der Waals surface area contributed by atoms with E-state index in [1.807, 2.05) is 24.3 Å². The van der Waals surface area contributed by atoms with Crippen molar-refractivity contribution in [1.82, 2.24) is 5.43 Å². The second kappa shape index (κ2) is 7.91. The number of nitrogens with zero attached hydrogens (tertiary/aromatic N) is 2. The highest BCUT2D eigenvalue weighted by molar-refractivity contribution is 5.84. The van der Waals surface area contributed by atoms with Crippen LogP contribution in [0.25, 0.3) is 0 Å². The summed E-state index contributed by atoms with van der Waals surface area (Å²) in [4.78, 5) is 22.5. The van der Waals surface area contributed by atoms with Crippen LogP contribution in [0.5, 0.6) is 0 Å². The molecule has 0 spiro atoms. The van der Waals surface area contributed by atoms with Gasteiger partial charge in [0.25, 0.3) is 5.69 Å². The topological polar surface area (TPSA) is 84.6 Å². The van der Waals surface area contributed by atoms with Crippen molar-refractivity contribution in [2.45, 2.75) is 39.5 Å². The van der Waals surface area contributed by atoms with Crippen molar-refractivity contribution >= 4 is 17.8 Å². The van der Waals surface area contributed by atoms with Gasteiger partial charge in [-0.1, -0.05) is 57.2 Å². The molecule has 26 heavy (non-hydrogen) atoms. The maximum atomic E-state index is 12.0. The molecule has 1 N–H and O–H groups in total. The Morgan fingerprint density at radius 2 is 1.85 bits per heavy atom. The monoisotopic (exact) mass is 353 g/mol. The molecule has 0 aromatic heterocycles. The van der Waals surface area contributed by atoms with Crippen molar-refractivity contribution in [2.75, 3.05) is 0 Å². The summed E-state index contributed by atoms with van der Waals surface area (Å²) in [5, 5.41) is 14.8. The maximum absolute atomic E-state index is 12.0. The highest BCUT2D eigenvalue weighted by atomic mass is 16.6. The highest BCUT2D eigenvalue weighted by Crippen LogP contribution is 2.22. The minimum atomic E-state index is -0.438. The number of carbonyl (C=O) groups is 1. The quantitative estimate of drug-likeness (QED) is 0.503. The van der Waals surface area contributed by atoms with Crippen molar-refractivity contribution in [2.24, 2.45) is 5.10 Å². The molecule has 2 aromatic carbocycles. The number of rotatable bonds is 5. The lowest BCUT2D eigenvalue weighted by Gasteiger charge is -2.19. The number of nitrogens with one attached hydrogen (secondary N) is 1. The van der Waals surface area contributed by atoms with Crippen LogP contribution >= 0.6 is 0 Å². The van der Waals surface area contributed by atoms with E-state index in [9.17, 15) is 14.9 Å². The van der Waals surface area contributed by atoms with E-state index in [-0.39, 0.29) is 23.4 Å². The Morgan fingerprint density at radius 3 is 2.42 bits per heavy atom. The largest absolute Gasteiger partial charge is 0.273 e. The normalized spacial score (nSPS) is 11.5. The molecule has 0 aliphatic carbocycles. The van der Waals surface area contributed by atoms with Crippen LogP contribution in [0.4, 0.5) is 5.69 Å². The van der Waals surface area contributed by atoms with Gasteiger partial charge in [0.1, 0.15) is 0 Å². The molecule has 2 rings (SSSR count). The fraction of sp³-hybridized carbons (Fsp3) is 0.300. The lowest BCUT2D eigenvalue weighted by molar-refractivity contribution is -0.385. The van der Waals surface area contributed by atoms with Crippen LogP contribution in [0.15, 0.2) is 47.6 Å². The fourth-order valence-electron chi connectivity index (χ4n) is 2.43. The van der Waals surface area contributed by atoms with E-state index in [1.165, 1.54) is 17.8 Å². The third-order valence-electron chi connectivity index (χ3n) is 4.02. The molecule has 0 aliphatic heterocycles. The van der Waals surface area contributed by atoms with Gasteiger partial charge in [-0.25, -0.2) is 5.43 Å². The molecule has 1 amide bonds. The van der Waals surface area contributed by atoms with Crippen LogP contribution in [0.2, 0.25) is 0 Å². The van der Waals surface area contributed by atoms with Crippen LogP contribution in [0.3, 0.4) is 0 Å². The van der Waals surface area contributed by atoms with Gasteiger partial charge in [-0.2, -0.15) is 5.10 Å². The molecule has 0 fully saturated rings. The average molecular weight is 353 g/mol. The highest BCUT2D eigenvalue weighted by Gasteiger charge is 2.13. The first-order chi connectivity index (χ1) is 12.2. The summed E-state index contributed by atoms with van der Waals surface area (Å²) in [7, 11) is 0. The second-order valence-electron chi connectivity index (χ2n) is 7.22. The molecule has 136 valence electrons. The van der Waals surface area contributed by atoms with Crippen molar-refractivity contribution < 1.29 is 9.72 Å². The lowest BCUT2D eigenvalue weighted by Crippen LogP contribution is -2.20. The molecule has 0 heterocycles. The van der Waals surface area contributed by atoms with Crippen molar-refractivity contribution in [3.05, 3.63) is 74.8 Å². The number of hydrogen-bond donors (Lipinski definition) is 1. The Morgan fingerprint density at radius 1 is 1.19 bits per heavy atom. The molecule has 0 unspecified atom stereocenters. The summed E-state index contributed by atoms with van der Waals surface area (Å²) in [6.07, 6.45) is 1.61. The summed E-state index contributed by atoms with van der Waals surface area (Å²) in [5.41, 5.74) is 5.79. The first-order valence-corrected chi connectivity index (χ1v) is 8.33. The third-order valence-corrected chi connectivity index (χ3v) is 4.02. The van der Waals surface area contributed by atoms with Gasteiger partial charge in [-0.3, -0.25) is 14.9 Å². The second-order valence-corrected chi connectivity index (χ2v) is 7.22. The van der Waals surface area contributed by atoms with Gasteiger partial charge >= 0.3 is 0 Å². The zero-order chi connectivity index (χ0) is 19.3. The number of aryl methyl sites for hydroxylation is 1. The molecular weight excluding hydrogens is 330 g/mol. The lowest BCUT2D eigenvalue weighted by atomic mass is 9.86. The first-order valence-electron chi connectivity index (χ1n) is 8.33. The van der Waals surface area contributed by atoms with E-state index in [0.717, 1.165) is 5.56 Å². The molecular formula is C20H23N3O3. The zero-order valence-corrected chi connectivity index (χ0v) is 15.4.